The van der Waals surface area contributed by atoms with E-state index in [2.05, 4.69) is 9.97 Å². The number of thiazole rings is 2. The summed E-state index contributed by atoms with van der Waals surface area (Å²) in [5.74, 6) is 0.987. The molecule has 1 aliphatic carbocycles. The van der Waals surface area contributed by atoms with Gasteiger partial charge in [0.1, 0.15) is 10.8 Å². The number of rotatable bonds is 5. The summed E-state index contributed by atoms with van der Waals surface area (Å²) in [6.07, 6.45) is 5.00. The fourth-order valence-electron chi connectivity index (χ4n) is 2.53. The predicted molar refractivity (Wildman–Crippen MR) is 83.4 cm³/mol. The van der Waals surface area contributed by atoms with Gasteiger partial charge in [0.25, 0.3) is 0 Å². The van der Waals surface area contributed by atoms with Gasteiger partial charge in [0, 0.05) is 11.8 Å². The third-order valence-corrected chi connectivity index (χ3v) is 5.72. The van der Waals surface area contributed by atoms with Gasteiger partial charge in [-0.1, -0.05) is 19.3 Å². The molecule has 0 bridgehead atoms. The molecule has 1 fully saturated rings. The van der Waals surface area contributed by atoms with Crippen molar-refractivity contribution in [1.29, 1.82) is 0 Å². The van der Waals surface area contributed by atoms with Crippen LogP contribution in [-0.2, 0) is 11.2 Å². The number of carbonyl (C=O) groups excluding carboxylic acids is 1. The fraction of sp³-hybridized carbons (Fsp3) is 0.533. The van der Waals surface area contributed by atoms with Gasteiger partial charge in [-0.15, -0.1) is 22.7 Å². The third kappa shape index (κ3) is 2.99. The number of hydrogen-bond acceptors (Lipinski definition) is 5. The Labute approximate surface area is 127 Å². The van der Waals surface area contributed by atoms with E-state index in [0.29, 0.717) is 18.1 Å². The van der Waals surface area contributed by atoms with Gasteiger partial charge in [-0.2, -0.15) is 0 Å². The Morgan fingerprint density at radius 3 is 2.75 bits per heavy atom. The maximum atomic E-state index is 12.0. The highest BCUT2D eigenvalue weighted by atomic mass is 32.1. The molecule has 0 radical (unpaired) electrons. The lowest BCUT2D eigenvalue weighted by molar-refractivity contribution is -0.119. The highest BCUT2D eigenvalue weighted by Crippen LogP contribution is 2.32. The van der Waals surface area contributed by atoms with Crippen molar-refractivity contribution in [2.24, 2.45) is 5.92 Å². The van der Waals surface area contributed by atoms with Crippen molar-refractivity contribution in [2.45, 2.75) is 46.0 Å². The van der Waals surface area contributed by atoms with Crippen molar-refractivity contribution >= 4 is 28.5 Å². The molecular weight excluding hydrogens is 288 g/mol. The van der Waals surface area contributed by atoms with E-state index in [1.807, 2.05) is 19.2 Å². The van der Waals surface area contributed by atoms with Crippen LogP contribution >= 0.6 is 22.7 Å². The quantitative estimate of drug-likeness (QED) is 0.832. The van der Waals surface area contributed by atoms with E-state index < -0.39 is 0 Å². The van der Waals surface area contributed by atoms with E-state index in [9.17, 15) is 4.79 Å². The first-order valence-electron chi connectivity index (χ1n) is 7.02. The molecule has 0 saturated heterocycles. The van der Waals surface area contributed by atoms with Crippen LogP contribution in [0.5, 0.6) is 0 Å². The normalized spacial score (nSPS) is 15.3. The van der Waals surface area contributed by atoms with Crippen LogP contribution in [0.15, 0.2) is 5.38 Å². The van der Waals surface area contributed by atoms with Gasteiger partial charge in [-0.25, -0.2) is 9.97 Å². The van der Waals surface area contributed by atoms with Gasteiger partial charge in [0.05, 0.1) is 27.7 Å². The average Bonchev–Trinajstić information content (AvgIpc) is 2.91. The molecule has 2 heterocycles. The Balaban J connectivity index is 1.67. The Morgan fingerprint density at radius 1 is 1.35 bits per heavy atom. The van der Waals surface area contributed by atoms with E-state index in [1.165, 1.54) is 19.3 Å². The molecule has 0 amide bonds. The average molecular weight is 306 g/mol. The monoisotopic (exact) mass is 306 g/mol. The van der Waals surface area contributed by atoms with E-state index in [4.69, 9.17) is 0 Å². The Kier molecular flexibility index (Phi) is 3.98. The summed E-state index contributed by atoms with van der Waals surface area (Å²) in [6, 6.07) is 0. The van der Waals surface area contributed by atoms with E-state index in [-0.39, 0.29) is 0 Å². The second kappa shape index (κ2) is 5.74. The first kappa shape index (κ1) is 13.9. The first-order valence-corrected chi connectivity index (χ1v) is 8.72. The Hall–Kier alpha value is -1.07. The van der Waals surface area contributed by atoms with Gasteiger partial charge >= 0.3 is 0 Å². The minimum atomic E-state index is 0.341. The molecule has 5 heteroatoms. The van der Waals surface area contributed by atoms with Crippen LogP contribution in [-0.4, -0.2) is 15.8 Å². The SMILES string of the molecule is Cc1nc(C)c(-c2csc(CC(=O)CC3CCC3)n2)s1. The summed E-state index contributed by atoms with van der Waals surface area (Å²) in [4.78, 5) is 22.2. The zero-order chi connectivity index (χ0) is 14.1. The summed E-state index contributed by atoms with van der Waals surface area (Å²) < 4.78 is 0. The molecule has 2 aromatic rings. The second-order valence-corrected chi connectivity index (χ2v) is 7.64. The van der Waals surface area contributed by atoms with Gasteiger partial charge in [0.15, 0.2) is 0 Å². The molecule has 0 aliphatic heterocycles. The highest BCUT2D eigenvalue weighted by Gasteiger charge is 2.21. The largest absolute Gasteiger partial charge is 0.299 e. The molecule has 0 spiro atoms. The van der Waals surface area contributed by atoms with Crippen LogP contribution in [0.2, 0.25) is 0 Å². The second-order valence-electron chi connectivity index (χ2n) is 5.49. The van der Waals surface area contributed by atoms with Crippen molar-refractivity contribution < 1.29 is 4.79 Å². The van der Waals surface area contributed by atoms with Crippen LogP contribution in [0.1, 0.15) is 41.4 Å². The highest BCUT2D eigenvalue weighted by molar-refractivity contribution is 7.16. The molecule has 20 heavy (non-hydrogen) atoms. The molecule has 0 unspecified atom stereocenters. The van der Waals surface area contributed by atoms with Crippen LogP contribution in [0.3, 0.4) is 0 Å². The number of aromatic nitrogens is 2. The summed E-state index contributed by atoms with van der Waals surface area (Å²) in [6.45, 7) is 4.02. The predicted octanol–water partition coefficient (Wildman–Crippen LogP) is 4.19. The van der Waals surface area contributed by atoms with Crippen LogP contribution in [0.4, 0.5) is 0 Å². The first-order chi connectivity index (χ1) is 9.61. The Bertz CT molecular complexity index is 626. The van der Waals surface area contributed by atoms with E-state index in [0.717, 1.165) is 32.7 Å². The van der Waals surface area contributed by atoms with Crippen molar-refractivity contribution in [1.82, 2.24) is 9.97 Å². The minimum Gasteiger partial charge on any atom is -0.299 e. The number of Topliss-reactive ketones (excluding diaryl/α,β-unsaturated/α-hetero) is 1. The van der Waals surface area contributed by atoms with Gasteiger partial charge in [-0.3, -0.25) is 4.79 Å². The number of nitrogens with zero attached hydrogens (tertiary/aromatic N) is 2. The van der Waals surface area contributed by atoms with Gasteiger partial charge < -0.3 is 0 Å². The maximum Gasteiger partial charge on any atom is 0.139 e. The summed E-state index contributed by atoms with van der Waals surface area (Å²) in [5, 5.41) is 4.05. The maximum absolute atomic E-state index is 12.0. The summed E-state index contributed by atoms with van der Waals surface area (Å²) in [5.41, 5.74) is 2.01. The van der Waals surface area contributed by atoms with Gasteiger partial charge in [-0.05, 0) is 19.8 Å². The molecular formula is C15H18N2OS2. The summed E-state index contributed by atoms with van der Waals surface area (Å²) in [7, 11) is 0. The standard InChI is InChI=1S/C15H18N2OS2/c1-9-15(20-10(2)16-9)13-8-19-14(17-13)7-12(18)6-11-4-3-5-11/h8,11H,3-7H2,1-2H3. The number of carbonyl (C=O) groups is 1. The van der Waals surface area contributed by atoms with Crippen LogP contribution in [0, 0.1) is 19.8 Å². The molecule has 106 valence electrons. The molecule has 0 atom stereocenters. The topological polar surface area (TPSA) is 42.9 Å². The molecule has 3 rings (SSSR count). The van der Waals surface area contributed by atoms with E-state index >= 15 is 0 Å². The summed E-state index contributed by atoms with van der Waals surface area (Å²) >= 11 is 3.26. The van der Waals surface area contributed by atoms with Crippen molar-refractivity contribution in [3.05, 3.63) is 21.1 Å². The molecule has 0 aromatic carbocycles. The lowest BCUT2D eigenvalue weighted by Crippen LogP contribution is -2.16. The molecule has 1 aliphatic rings. The molecule has 1 saturated carbocycles. The minimum absolute atomic E-state index is 0.341. The fourth-order valence-corrected chi connectivity index (χ4v) is 4.29. The zero-order valence-electron chi connectivity index (χ0n) is 11.8. The smallest absolute Gasteiger partial charge is 0.139 e. The Morgan fingerprint density at radius 2 is 2.15 bits per heavy atom. The number of aryl methyl sites for hydroxylation is 2. The van der Waals surface area contributed by atoms with Gasteiger partial charge in [0.2, 0.25) is 0 Å². The zero-order valence-corrected chi connectivity index (χ0v) is 13.4. The van der Waals surface area contributed by atoms with Crippen molar-refractivity contribution in [3.8, 4) is 10.6 Å². The number of hydrogen-bond donors (Lipinski definition) is 0. The van der Waals surface area contributed by atoms with Crippen LogP contribution in [0.25, 0.3) is 10.6 Å². The third-order valence-electron chi connectivity index (χ3n) is 3.78. The lowest BCUT2D eigenvalue weighted by atomic mass is 9.81. The van der Waals surface area contributed by atoms with Crippen molar-refractivity contribution in [3.63, 3.8) is 0 Å². The lowest BCUT2D eigenvalue weighted by Gasteiger charge is -2.24. The molecule has 2 aromatic heterocycles. The molecule has 0 N–H and O–H groups in total. The van der Waals surface area contributed by atoms with Crippen LogP contribution < -0.4 is 0 Å². The van der Waals surface area contributed by atoms with Crippen molar-refractivity contribution in [2.75, 3.05) is 0 Å². The number of ketones is 1. The van der Waals surface area contributed by atoms with E-state index in [1.54, 1.807) is 22.7 Å². The molecule has 3 nitrogen and oxygen atoms in total.